The van der Waals surface area contributed by atoms with Gasteiger partial charge in [-0.3, -0.25) is 9.36 Å². The Morgan fingerprint density at radius 3 is 2.91 bits per heavy atom. The zero-order chi connectivity index (χ0) is 22.9. The van der Waals surface area contributed by atoms with Crippen LogP contribution in [0.15, 0.2) is 30.6 Å². The Balaban J connectivity index is 1.70. The molecule has 3 aromatic heterocycles. The topological polar surface area (TPSA) is 96.7 Å². The van der Waals surface area contributed by atoms with E-state index in [4.69, 9.17) is 25.7 Å². The number of fused-ring (bicyclic) bond motifs is 7. The SMILES string of the molecule is CCn1nc2c3c1-c1cnc(N)c(n1)O[C@H](C)c1cc(F)ccc1-c1nn(C)cc1[C@H]3CC2. The van der Waals surface area contributed by atoms with Crippen molar-refractivity contribution in [3.63, 3.8) is 0 Å². The summed E-state index contributed by atoms with van der Waals surface area (Å²) in [5.74, 6) is 0.172. The van der Waals surface area contributed by atoms with E-state index in [0.29, 0.717) is 17.8 Å². The van der Waals surface area contributed by atoms with Crippen LogP contribution in [0.4, 0.5) is 10.2 Å². The van der Waals surface area contributed by atoms with Crippen molar-refractivity contribution in [1.82, 2.24) is 29.5 Å². The summed E-state index contributed by atoms with van der Waals surface area (Å²) in [6, 6.07) is 4.74. The van der Waals surface area contributed by atoms with Crippen molar-refractivity contribution in [3.05, 3.63) is 58.8 Å². The number of hydrogen-bond acceptors (Lipinski definition) is 6. The van der Waals surface area contributed by atoms with E-state index >= 15 is 0 Å². The van der Waals surface area contributed by atoms with Gasteiger partial charge in [-0.05, 0) is 44.9 Å². The van der Waals surface area contributed by atoms with Crippen molar-refractivity contribution in [1.29, 1.82) is 0 Å². The molecule has 1 aliphatic carbocycles. The lowest BCUT2D eigenvalue weighted by Gasteiger charge is -2.21. The minimum absolute atomic E-state index is 0.0929. The quantitative estimate of drug-likeness (QED) is 0.475. The number of nitrogens with zero attached hydrogens (tertiary/aromatic N) is 6. The zero-order valence-corrected chi connectivity index (χ0v) is 18.7. The molecule has 4 aromatic rings. The highest BCUT2D eigenvalue weighted by molar-refractivity contribution is 5.72. The van der Waals surface area contributed by atoms with E-state index in [1.54, 1.807) is 12.3 Å². The number of benzene rings is 1. The molecule has 0 saturated heterocycles. The summed E-state index contributed by atoms with van der Waals surface area (Å²) < 4.78 is 24.3. The summed E-state index contributed by atoms with van der Waals surface area (Å²) in [6.07, 6.45) is 5.01. The molecular formula is C24H24FN7O. The average Bonchev–Trinajstić information content (AvgIpc) is 3.47. The fourth-order valence-electron chi connectivity index (χ4n) is 5.18. The standard InChI is InChI=1S/C24H24FN7O/c1-4-32-22-19-10-27-23(26)24(28-19)33-12(2)16-9-13(25)5-6-15(16)21-17(11-31(3)30-21)14-7-8-18(29-32)20(14)22/h5-6,9-12,14H,4,7-8H2,1-3H3,(H2,26,27)/t12-,14-/m1/s1. The Labute approximate surface area is 190 Å². The summed E-state index contributed by atoms with van der Waals surface area (Å²) >= 11 is 0. The number of ether oxygens (including phenoxy) is 1. The van der Waals surface area contributed by atoms with E-state index < -0.39 is 6.10 Å². The van der Waals surface area contributed by atoms with Gasteiger partial charge in [0, 0.05) is 48.0 Å². The van der Waals surface area contributed by atoms with Crippen LogP contribution in [0, 0.1) is 5.82 Å². The Morgan fingerprint density at radius 2 is 2.09 bits per heavy atom. The number of nitrogens with two attached hydrogens (primary N) is 1. The third-order valence-corrected chi connectivity index (χ3v) is 6.62. The predicted molar refractivity (Wildman–Crippen MR) is 121 cm³/mol. The molecule has 1 aliphatic heterocycles. The summed E-state index contributed by atoms with van der Waals surface area (Å²) in [6.45, 7) is 4.62. The van der Waals surface area contributed by atoms with Crippen LogP contribution in [0.25, 0.3) is 22.6 Å². The van der Waals surface area contributed by atoms with Crippen molar-refractivity contribution in [2.75, 3.05) is 5.73 Å². The van der Waals surface area contributed by atoms with Crippen LogP contribution >= 0.6 is 0 Å². The van der Waals surface area contributed by atoms with Crippen LogP contribution in [0.3, 0.4) is 0 Å². The smallest absolute Gasteiger partial charge is 0.258 e. The first-order valence-electron chi connectivity index (χ1n) is 11.2. The van der Waals surface area contributed by atoms with Crippen molar-refractivity contribution in [2.24, 2.45) is 7.05 Å². The molecule has 0 spiro atoms. The highest BCUT2D eigenvalue weighted by Gasteiger charge is 2.36. The van der Waals surface area contributed by atoms with Gasteiger partial charge < -0.3 is 10.5 Å². The van der Waals surface area contributed by atoms with Gasteiger partial charge in [0.25, 0.3) is 5.88 Å². The van der Waals surface area contributed by atoms with Gasteiger partial charge in [-0.25, -0.2) is 14.4 Å². The van der Waals surface area contributed by atoms with Crippen LogP contribution in [0.1, 0.15) is 54.7 Å². The maximum Gasteiger partial charge on any atom is 0.258 e. The van der Waals surface area contributed by atoms with Crippen molar-refractivity contribution in [2.45, 2.75) is 45.3 Å². The average molecular weight is 446 g/mol. The summed E-state index contributed by atoms with van der Waals surface area (Å²) in [7, 11) is 1.91. The Kier molecular flexibility index (Phi) is 4.30. The van der Waals surface area contributed by atoms with Gasteiger partial charge in [0.15, 0.2) is 5.82 Å². The lowest BCUT2D eigenvalue weighted by atomic mass is 9.88. The molecule has 2 bridgehead atoms. The Hall–Kier alpha value is -3.75. The first-order chi connectivity index (χ1) is 15.9. The van der Waals surface area contributed by atoms with E-state index in [0.717, 1.165) is 46.6 Å². The highest BCUT2D eigenvalue weighted by Crippen LogP contribution is 2.47. The van der Waals surface area contributed by atoms with Crippen molar-refractivity contribution in [3.8, 4) is 28.5 Å². The van der Waals surface area contributed by atoms with E-state index in [-0.39, 0.29) is 23.4 Å². The second-order valence-corrected chi connectivity index (χ2v) is 8.66. The minimum Gasteiger partial charge on any atom is -0.467 e. The maximum absolute atomic E-state index is 14.3. The van der Waals surface area contributed by atoms with Gasteiger partial charge in [0.1, 0.15) is 17.6 Å². The number of aryl methyl sites for hydroxylation is 3. The number of nitrogen functional groups attached to an aromatic ring is 1. The molecule has 168 valence electrons. The number of hydrogen-bond donors (Lipinski definition) is 1. The fourth-order valence-corrected chi connectivity index (χ4v) is 5.18. The molecule has 2 atom stereocenters. The van der Waals surface area contributed by atoms with E-state index in [1.165, 1.54) is 12.1 Å². The van der Waals surface area contributed by atoms with E-state index in [1.807, 2.05) is 23.3 Å². The molecular weight excluding hydrogens is 421 g/mol. The van der Waals surface area contributed by atoms with Crippen LogP contribution in [0.5, 0.6) is 5.88 Å². The molecule has 0 fully saturated rings. The molecule has 0 saturated carbocycles. The Morgan fingerprint density at radius 1 is 1.24 bits per heavy atom. The first-order valence-corrected chi connectivity index (χ1v) is 11.2. The molecule has 4 heterocycles. The molecule has 0 unspecified atom stereocenters. The second-order valence-electron chi connectivity index (χ2n) is 8.66. The van der Waals surface area contributed by atoms with Crippen LogP contribution in [0.2, 0.25) is 0 Å². The zero-order valence-electron chi connectivity index (χ0n) is 18.7. The Bertz CT molecular complexity index is 1410. The number of anilines is 1. The normalized spacial score (nSPS) is 18.5. The molecule has 2 N–H and O–H groups in total. The van der Waals surface area contributed by atoms with Gasteiger partial charge in [-0.15, -0.1) is 0 Å². The van der Waals surface area contributed by atoms with Crippen LogP contribution in [-0.4, -0.2) is 29.5 Å². The van der Waals surface area contributed by atoms with Crippen molar-refractivity contribution >= 4 is 5.82 Å². The lowest BCUT2D eigenvalue weighted by molar-refractivity contribution is 0.218. The van der Waals surface area contributed by atoms with Crippen LogP contribution < -0.4 is 10.5 Å². The third-order valence-electron chi connectivity index (χ3n) is 6.62. The number of halogens is 1. The van der Waals surface area contributed by atoms with Gasteiger partial charge in [0.2, 0.25) is 0 Å². The maximum atomic E-state index is 14.3. The molecule has 9 heteroatoms. The largest absolute Gasteiger partial charge is 0.467 e. The van der Waals surface area contributed by atoms with Gasteiger partial charge in [-0.2, -0.15) is 10.2 Å². The molecule has 6 rings (SSSR count). The monoisotopic (exact) mass is 445 g/mol. The summed E-state index contributed by atoms with van der Waals surface area (Å²) in [5.41, 5.74) is 13.4. The molecule has 8 nitrogen and oxygen atoms in total. The van der Waals surface area contributed by atoms with Crippen LogP contribution in [-0.2, 0) is 20.0 Å². The van der Waals surface area contributed by atoms with Gasteiger partial charge >= 0.3 is 0 Å². The predicted octanol–water partition coefficient (Wildman–Crippen LogP) is 4.01. The number of rotatable bonds is 1. The minimum atomic E-state index is -0.522. The first kappa shape index (κ1) is 19.9. The fraction of sp³-hybridized carbons (Fsp3) is 0.333. The third kappa shape index (κ3) is 2.95. The summed E-state index contributed by atoms with van der Waals surface area (Å²) in [5, 5.41) is 9.70. The molecule has 0 amide bonds. The number of aromatic nitrogens is 6. The second kappa shape index (κ2) is 7.13. The molecule has 0 radical (unpaired) electrons. The molecule has 1 aromatic carbocycles. The summed E-state index contributed by atoms with van der Waals surface area (Å²) in [4.78, 5) is 9.13. The molecule has 2 aliphatic rings. The van der Waals surface area contributed by atoms with E-state index in [2.05, 4.69) is 18.1 Å². The van der Waals surface area contributed by atoms with Crippen molar-refractivity contribution < 1.29 is 9.13 Å². The van der Waals surface area contributed by atoms with Gasteiger partial charge in [0.05, 0.1) is 23.3 Å². The lowest BCUT2D eigenvalue weighted by Crippen LogP contribution is -2.12. The van der Waals surface area contributed by atoms with E-state index in [9.17, 15) is 4.39 Å². The highest BCUT2D eigenvalue weighted by atomic mass is 19.1. The van der Waals surface area contributed by atoms with Gasteiger partial charge in [-0.1, -0.05) is 0 Å². The molecule has 33 heavy (non-hydrogen) atoms.